The van der Waals surface area contributed by atoms with E-state index in [1.165, 1.54) is 53.3 Å². The maximum atomic E-state index is 5.72. The first-order valence-electron chi connectivity index (χ1n) is 5.70. The van der Waals surface area contributed by atoms with E-state index in [-0.39, 0.29) is 0 Å². The topological polar surface area (TPSA) is 41.8 Å². The molecule has 0 saturated heterocycles. The highest BCUT2D eigenvalue weighted by molar-refractivity contribution is 5.84. The van der Waals surface area contributed by atoms with Crippen LogP contribution in [0.4, 0.5) is 0 Å². The third-order valence-electron chi connectivity index (χ3n) is 3.45. The Labute approximate surface area is 89.5 Å². The number of aromatic amines is 1. The van der Waals surface area contributed by atoms with E-state index in [1.807, 2.05) is 6.20 Å². The van der Waals surface area contributed by atoms with Crippen molar-refractivity contribution in [1.29, 1.82) is 0 Å². The fourth-order valence-electron chi connectivity index (χ4n) is 2.58. The molecule has 0 saturated carbocycles. The van der Waals surface area contributed by atoms with Crippen LogP contribution in [0.2, 0.25) is 0 Å². The molecule has 0 atom stereocenters. The van der Waals surface area contributed by atoms with Gasteiger partial charge >= 0.3 is 0 Å². The van der Waals surface area contributed by atoms with Crippen LogP contribution in [0, 0.1) is 0 Å². The average Bonchev–Trinajstić information content (AvgIpc) is 2.68. The second-order valence-corrected chi connectivity index (χ2v) is 4.39. The first kappa shape index (κ1) is 8.98. The number of benzene rings is 1. The molecular formula is C13H16N2. The summed E-state index contributed by atoms with van der Waals surface area (Å²) >= 11 is 0. The van der Waals surface area contributed by atoms with Gasteiger partial charge in [-0.2, -0.15) is 0 Å². The number of aromatic nitrogens is 1. The summed E-state index contributed by atoms with van der Waals surface area (Å²) in [5, 5.41) is 1.32. The largest absolute Gasteiger partial charge is 0.361 e. The number of hydrogen-bond acceptors (Lipinski definition) is 1. The fourth-order valence-corrected chi connectivity index (χ4v) is 2.58. The first-order valence-corrected chi connectivity index (χ1v) is 5.70. The molecule has 1 aliphatic carbocycles. The van der Waals surface area contributed by atoms with Crippen molar-refractivity contribution in [1.82, 2.24) is 4.98 Å². The van der Waals surface area contributed by atoms with Crippen LogP contribution in [0.25, 0.3) is 10.9 Å². The Hall–Kier alpha value is -1.28. The number of rotatable bonds is 1. The number of nitrogens with one attached hydrogen (secondary N) is 1. The lowest BCUT2D eigenvalue weighted by molar-refractivity contribution is 0.687. The molecule has 0 spiro atoms. The lowest BCUT2D eigenvalue weighted by atomic mass is 9.90. The summed E-state index contributed by atoms with van der Waals surface area (Å²) in [6.45, 7) is 0.624. The SMILES string of the molecule is NCc1c[nH]c2cc3c(cc12)CCCC3. The molecule has 3 rings (SSSR count). The van der Waals surface area contributed by atoms with Crippen molar-refractivity contribution in [2.24, 2.45) is 5.73 Å². The van der Waals surface area contributed by atoms with Gasteiger partial charge in [-0.3, -0.25) is 0 Å². The van der Waals surface area contributed by atoms with Gasteiger partial charge in [0.25, 0.3) is 0 Å². The summed E-state index contributed by atoms with van der Waals surface area (Å²) in [5.41, 5.74) is 11.3. The van der Waals surface area contributed by atoms with Crippen molar-refractivity contribution in [2.75, 3.05) is 0 Å². The summed E-state index contributed by atoms with van der Waals surface area (Å²) in [6, 6.07) is 4.64. The Balaban J connectivity index is 2.23. The zero-order valence-corrected chi connectivity index (χ0v) is 8.84. The van der Waals surface area contributed by atoms with Gasteiger partial charge in [0.05, 0.1) is 0 Å². The Morgan fingerprint density at radius 2 is 1.87 bits per heavy atom. The van der Waals surface area contributed by atoms with Crippen LogP contribution in [0.5, 0.6) is 0 Å². The van der Waals surface area contributed by atoms with Crippen LogP contribution >= 0.6 is 0 Å². The van der Waals surface area contributed by atoms with Gasteiger partial charge in [-0.15, -0.1) is 0 Å². The number of fused-ring (bicyclic) bond motifs is 2. The van der Waals surface area contributed by atoms with E-state index in [9.17, 15) is 0 Å². The minimum atomic E-state index is 0.624. The summed E-state index contributed by atoms with van der Waals surface area (Å²) in [6.07, 6.45) is 7.18. The van der Waals surface area contributed by atoms with Gasteiger partial charge in [0, 0.05) is 23.6 Å². The maximum Gasteiger partial charge on any atom is 0.0460 e. The maximum absolute atomic E-state index is 5.72. The molecule has 2 aromatic rings. The summed E-state index contributed by atoms with van der Waals surface area (Å²) in [7, 11) is 0. The van der Waals surface area contributed by atoms with E-state index in [0.29, 0.717) is 6.54 Å². The molecule has 2 nitrogen and oxygen atoms in total. The van der Waals surface area contributed by atoms with Gasteiger partial charge in [-0.25, -0.2) is 0 Å². The molecule has 0 unspecified atom stereocenters. The van der Waals surface area contributed by atoms with E-state index < -0.39 is 0 Å². The Morgan fingerprint density at radius 3 is 2.60 bits per heavy atom. The molecule has 0 bridgehead atoms. The third kappa shape index (κ3) is 1.37. The molecule has 0 aliphatic heterocycles. The summed E-state index contributed by atoms with van der Waals surface area (Å²) < 4.78 is 0. The van der Waals surface area contributed by atoms with Crippen LogP contribution in [-0.2, 0) is 19.4 Å². The van der Waals surface area contributed by atoms with Gasteiger partial charge in [0.15, 0.2) is 0 Å². The Kier molecular flexibility index (Phi) is 2.03. The van der Waals surface area contributed by atoms with Crippen LogP contribution in [0.1, 0.15) is 29.5 Å². The summed E-state index contributed by atoms with van der Waals surface area (Å²) in [5.74, 6) is 0. The smallest absolute Gasteiger partial charge is 0.0460 e. The highest BCUT2D eigenvalue weighted by Crippen LogP contribution is 2.27. The van der Waals surface area contributed by atoms with Crippen molar-refractivity contribution in [3.63, 3.8) is 0 Å². The molecular weight excluding hydrogens is 184 g/mol. The Bertz CT molecular complexity index is 496. The lowest BCUT2D eigenvalue weighted by Crippen LogP contribution is -2.02. The van der Waals surface area contributed by atoms with Crippen LogP contribution < -0.4 is 5.73 Å². The molecule has 1 aliphatic rings. The second kappa shape index (κ2) is 3.38. The Morgan fingerprint density at radius 1 is 1.13 bits per heavy atom. The second-order valence-electron chi connectivity index (χ2n) is 4.39. The van der Waals surface area contributed by atoms with Crippen molar-refractivity contribution < 1.29 is 0 Å². The van der Waals surface area contributed by atoms with Gasteiger partial charge in [-0.05, 0) is 54.5 Å². The van der Waals surface area contributed by atoms with Crippen LogP contribution in [-0.4, -0.2) is 4.98 Å². The van der Waals surface area contributed by atoms with Crippen molar-refractivity contribution in [3.05, 3.63) is 35.0 Å². The normalized spacial score (nSPS) is 15.5. The predicted octanol–water partition coefficient (Wildman–Crippen LogP) is 2.51. The van der Waals surface area contributed by atoms with E-state index in [4.69, 9.17) is 5.73 Å². The molecule has 2 heteroatoms. The van der Waals surface area contributed by atoms with Gasteiger partial charge < -0.3 is 10.7 Å². The van der Waals surface area contributed by atoms with E-state index in [0.717, 1.165) is 0 Å². The number of aryl methyl sites for hydroxylation is 2. The third-order valence-corrected chi connectivity index (χ3v) is 3.45. The highest BCUT2D eigenvalue weighted by Gasteiger charge is 2.12. The molecule has 1 aromatic carbocycles. The highest BCUT2D eigenvalue weighted by atomic mass is 14.7. The summed E-state index contributed by atoms with van der Waals surface area (Å²) in [4.78, 5) is 3.31. The number of H-pyrrole nitrogens is 1. The average molecular weight is 200 g/mol. The van der Waals surface area contributed by atoms with Crippen LogP contribution in [0.3, 0.4) is 0 Å². The van der Waals surface area contributed by atoms with Crippen molar-refractivity contribution in [2.45, 2.75) is 32.2 Å². The lowest BCUT2D eigenvalue weighted by Gasteiger charge is -2.15. The van der Waals surface area contributed by atoms with E-state index in [2.05, 4.69) is 17.1 Å². The first-order chi connectivity index (χ1) is 7.38. The molecule has 78 valence electrons. The van der Waals surface area contributed by atoms with Crippen molar-refractivity contribution in [3.8, 4) is 0 Å². The van der Waals surface area contributed by atoms with Crippen LogP contribution in [0.15, 0.2) is 18.3 Å². The van der Waals surface area contributed by atoms with Gasteiger partial charge in [0.2, 0.25) is 0 Å². The molecule has 0 radical (unpaired) electrons. The van der Waals surface area contributed by atoms with Gasteiger partial charge in [-0.1, -0.05) is 0 Å². The molecule has 3 N–H and O–H groups in total. The molecule has 1 heterocycles. The van der Waals surface area contributed by atoms with Crippen molar-refractivity contribution >= 4 is 10.9 Å². The van der Waals surface area contributed by atoms with Gasteiger partial charge in [0.1, 0.15) is 0 Å². The number of hydrogen-bond donors (Lipinski definition) is 2. The molecule has 1 aromatic heterocycles. The standard InChI is InChI=1S/C13H16N2/c14-7-11-8-15-13-6-10-4-2-1-3-9(10)5-12(11)13/h5-6,8,15H,1-4,7,14H2. The minimum absolute atomic E-state index is 0.624. The minimum Gasteiger partial charge on any atom is -0.361 e. The quantitative estimate of drug-likeness (QED) is 0.729. The molecule has 15 heavy (non-hydrogen) atoms. The fraction of sp³-hybridized carbons (Fsp3) is 0.385. The predicted molar refractivity (Wildman–Crippen MR) is 62.8 cm³/mol. The molecule has 0 amide bonds. The van der Waals surface area contributed by atoms with E-state index in [1.54, 1.807) is 0 Å². The number of nitrogens with two attached hydrogens (primary N) is 1. The monoisotopic (exact) mass is 200 g/mol. The van der Waals surface area contributed by atoms with E-state index >= 15 is 0 Å². The zero-order chi connectivity index (χ0) is 10.3. The zero-order valence-electron chi connectivity index (χ0n) is 8.84. The molecule has 0 fully saturated rings.